The molecule has 2 aromatic heterocycles. The fourth-order valence-corrected chi connectivity index (χ4v) is 4.12. The van der Waals surface area contributed by atoms with E-state index in [0.29, 0.717) is 0 Å². The molecule has 0 spiro atoms. The van der Waals surface area contributed by atoms with Crippen LogP contribution in [-0.2, 0) is 23.4 Å². The molecule has 12 nitrogen and oxygen atoms in total. The van der Waals surface area contributed by atoms with E-state index in [4.69, 9.17) is 14.0 Å². The Morgan fingerprint density at radius 1 is 1.38 bits per heavy atom. The lowest BCUT2D eigenvalue weighted by Gasteiger charge is -2.24. The molecule has 3 N–H and O–H groups in total. The maximum atomic E-state index is 15.5. The first-order chi connectivity index (χ1) is 15.8. The normalized spacial score (nSPS) is 28.4. The fraction of sp³-hybridized carbons (Fsp3) is 0.667. The van der Waals surface area contributed by atoms with Crippen LogP contribution in [-0.4, -0.2) is 74.0 Å². The smallest absolute Gasteiger partial charge is 0.462 e. The molecule has 1 aliphatic heterocycles. The Morgan fingerprint density at radius 2 is 2.06 bits per heavy atom. The highest BCUT2D eigenvalue weighted by Crippen LogP contribution is 2.49. The van der Waals surface area contributed by atoms with Crippen molar-refractivity contribution >= 4 is 31.1 Å². The maximum Gasteiger partial charge on any atom is 0.614 e. The first-order valence-electron chi connectivity index (χ1n) is 10.2. The summed E-state index contributed by atoms with van der Waals surface area (Å²) in [5, 5.41) is 15.2. The number of anilines is 1. The highest BCUT2D eigenvalue weighted by atomic mass is 31.1. The Bertz CT molecular complexity index is 1090. The Kier molecular flexibility index (Phi) is 7.43. The van der Waals surface area contributed by atoms with Crippen LogP contribution in [0.2, 0.25) is 0 Å². The van der Waals surface area contributed by atoms with Gasteiger partial charge in [0, 0.05) is 7.05 Å². The number of alkyl halides is 2. The van der Waals surface area contributed by atoms with Crippen molar-refractivity contribution in [1.82, 2.24) is 24.6 Å². The molecule has 188 valence electrons. The molecular weight excluding hydrogens is 484 g/mol. The summed E-state index contributed by atoms with van der Waals surface area (Å²) in [5.74, 6) is -3.87. The van der Waals surface area contributed by atoms with Crippen LogP contribution in [0.15, 0.2) is 6.33 Å². The molecule has 0 radical (unpaired) electrons. The van der Waals surface area contributed by atoms with Gasteiger partial charge in [-0.1, -0.05) is 5.09 Å². The Labute approximate surface area is 193 Å². The SMILES string of the molecule is CNc1nc(F)nc2c1ncn2[C@@H]1O[C@](F)(CO[P+](=O)N[C@@H](C)C(=O)OC(C)C)[C@@H](O)[C@@]1(C)F. The van der Waals surface area contributed by atoms with Crippen molar-refractivity contribution in [1.29, 1.82) is 0 Å². The van der Waals surface area contributed by atoms with Crippen molar-refractivity contribution in [2.45, 2.75) is 63.7 Å². The first-order valence-corrected chi connectivity index (χ1v) is 11.4. The molecule has 0 bridgehead atoms. The number of hydrogen-bond acceptors (Lipinski definition) is 10. The zero-order chi connectivity index (χ0) is 25.4. The third kappa shape index (κ3) is 4.98. The predicted molar refractivity (Wildman–Crippen MR) is 112 cm³/mol. The number of aromatic nitrogens is 4. The molecule has 1 saturated heterocycles. The topological polar surface area (TPSA) is 150 Å². The number of fused-ring (bicyclic) bond motifs is 1. The molecule has 0 aromatic carbocycles. The van der Waals surface area contributed by atoms with Gasteiger partial charge in [-0.3, -0.25) is 9.36 Å². The monoisotopic (exact) mass is 509 g/mol. The number of carbonyl (C=O) groups excluding carboxylic acids is 1. The van der Waals surface area contributed by atoms with Crippen molar-refractivity contribution in [3.63, 3.8) is 0 Å². The van der Waals surface area contributed by atoms with Crippen molar-refractivity contribution in [3.05, 3.63) is 12.4 Å². The second kappa shape index (κ2) is 9.66. The van der Waals surface area contributed by atoms with Gasteiger partial charge >= 0.3 is 20.2 Å². The number of hydrogen-bond donors (Lipinski definition) is 3. The van der Waals surface area contributed by atoms with E-state index in [1.54, 1.807) is 13.8 Å². The van der Waals surface area contributed by atoms with Crippen molar-refractivity contribution in [3.8, 4) is 0 Å². The predicted octanol–water partition coefficient (Wildman–Crippen LogP) is 1.89. The van der Waals surface area contributed by atoms with Crippen LogP contribution in [0.5, 0.6) is 0 Å². The number of nitrogens with zero attached hydrogens (tertiary/aromatic N) is 4. The molecule has 3 heterocycles. The maximum absolute atomic E-state index is 15.5. The third-order valence-corrected chi connectivity index (χ3v) is 5.96. The second-order valence-corrected chi connectivity index (χ2v) is 9.12. The summed E-state index contributed by atoms with van der Waals surface area (Å²) in [6, 6.07) is -1.05. The minimum Gasteiger partial charge on any atom is -0.462 e. The van der Waals surface area contributed by atoms with Crippen molar-refractivity contribution in [2.75, 3.05) is 19.0 Å². The highest BCUT2D eigenvalue weighted by molar-refractivity contribution is 7.36. The van der Waals surface area contributed by atoms with Crippen LogP contribution in [0.4, 0.5) is 19.0 Å². The van der Waals surface area contributed by atoms with Gasteiger partial charge in [0.1, 0.15) is 6.04 Å². The van der Waals surface area contributed by atoms with Gasteiger partial charge in [-0.25, -0.2) is 13.8 Å². The largest absolute Gasteiger partial charge is 0.614 e. The molecule has 3 rings (SSSR count). The number of ether oxygens (including phenoxy) is 2. The van der Waals surface area contributed by atoms with E-state index in [9.17, 15) is 18.9 Å². The molecule has 34 heavy (non-hydrogen) atoms. The van der Waals surface area contributed by atoms with Crippen molar-refractivity contribution < 1.29 is 41.6 Å². The average Bonchev–Trinajstić information content (AvgIpc) is 3.24. The van der Waals surface area contributed by atoms with Gasteiger partial charge in [0.25, 0.3) is 5.85 Å². The summed E-state index contributed by atoms with van der Waals surface area (Å²) in [6.45, 7) is 4.32. The van der Waals surface area contributed by atoms with E-state index in [1.807, 2.05) is 0 Å². The lowest BCUT2D eigenvalue weighted by molar-refractivity contribution is -0.201. The molecule has 1 unspecified atom stereocenters. The summed E-state index contributed by atoms with van der Waals surface area (Å²) >= 11 is 0. The number of imidazole rings is 1. The molecular formula is C18H25F3N6O6P+. The summed E-state index contributed by atoms with van der Waals surface area (Å²) in [5.41, 5.74) is -2.92. The van der Waals surface area contributed by atoms with E-state index in [2.05, 4.69) is 25.4 Å². The van der Waals surface area contributed by atoms with E-state index >= 15 is 8.78 Å². The summed E-state index contributed by atoms with van der Waals surface area (Å²) in [6.07, 6.45) is -4.77. The van der Waals surface area contributed by atoms with Crippen LogP contribution in [0.25, 0.3) is 11.2 Å². The number of rotatable bonds is 9. The number of esters is 1. The summed E-state index contributed by atoms with van der Waals surface area (Å²) < 4.78 is 72.8. The fourth-order valence-electron chi connectivity index (χ4n) is 3.33. The number of aliphatic hydroxyl groups excluding tert-OH is 1. The molecule has 2 aromatic rings. The van der Waals surface area contributed by atoms with E-state index < -0.39 is 62.8 Å². The zero-order valence-corrected chi connectivity index (χ0v) is 19.8. The van der Waals surface area contributed by atoms with Crippen molar-refractivity contribution in [2.24, 2.45) is 0 Å². The van der Waals surface area contributed by atoms with Gasteiger partial charge < -0.3 is 19.9 Å². The summed E-state index contributed by atoms with van der Waals surface area (Å²) in [7, 11) is -1.37. The molecule has 1 fully saturated rings. The second-order valence-electron chi connectivity index (χ2n) is 8.09. The van der Waals surface area contributed by atoms with Gasteiger partial charge in [0.15, 0.2) is 41.6 Å². The number of aliphatic hydroxyl groups is 1. The van der Waals surface area contributed by atoms with E-state index in [0.717, 1.165) is 17.8 Å². The standard InChI is InChI=1S/C18H25F3N6O6P/c1-8(2)32-13(28)9(3)26-34(30)31-6-18(21)14(29)17(4,20)15(33-18)27-7-23-10-11(22-5)24-16(19)25-12(10)27/h7-9,14-15,29H,6H2,1-5H3,(H,26,30)(H,22,24,25)/q+1/t9-,14-,15+,17+,18+/m0/s1. The molecule has 0 aliphatic carbocycles. The van der Waals surface area contributed by atoms with Gasteiger partial charge in [-0.15, -0.1) is 4.52 Å². The van der Waals surface area contributed by atoms with Crippen LogP contribution in [0.3, 0.4) is 0 Å². The Morgan fingerprint density at radius 3 is 2.68 bits per heavy atom. The minimum atomic E-state index is -3.16. The van der Waals surface area contributed by atoms with E-state index in [1.165, 1.54) is 14.0 Å². The van der Waals surface area contributed by atoms with Gasteiger partial charge in [0.2, 0.25) is 0 Å². The molecule has 6 atom stereocenters. The minimum absolute atomic E-state index is 0.00314. The van der Waals surface area contributed by atoms with Gasteiger partial charge in [0.05, 0.1) is 12.4 Å². The number of halogens is 3. The van der Waals surface area contributed by atoms with Crippen LogP contribution >= 0.6 is 8.18 Å². The van der Waals surface area contributed by atoms with Crippen LogP contribution in [0, 0.1) is 6.08 Å². The molecule has 1 aliphatic rings. The molecule has 0 saturated carbocycles. The molecule has 0 amide bonds. The Balaban J connectivity index is 1.77. The van der Waals surface area contributed by atoms with Crippen LogP contribution < -0.4 is 10.4 Å². The van der Waals surface area contributed by atoms with Crippen LogP contribution in [0.1, 0.15) is 33.9 Å². The third-order valence-electron chi connectivity index (χ3n) is 5.00. The highest BCUT2D eigenvalue weighted by Gasteiger charge is 2.65. The zero-order valence-electron chi connectivity index (χ0n) is 19.0. The van der Waals surface area contributed by atoms with Gasteiger partial charge in [-0.2, -0.15) is 14.4 Å². The quantitative estimate of drug-likeness (QED) is 0.258. The lowest BCUT2D eigenvalue weighted by Crippen LogP contribution is -2.46. The summed E-state index contributed by atoms with van der Waals surface area (Å²) in [4.78, 5) is 22.9. The van der Waals surface area contributed by atoms with Gasteiger partial charge in [-0.05, 0) is 32.3 Å². The number of carbonyl (C=O) groups is 1. The number of nitrogens with one attached hydrogen (secondary N) is 2. The molecule has 16 heteroatoms. The average molecular weight is 509 g/mol. The Hall–Kier alpha value is -2.45. The van der Waals surface area contributed by atoms with E-state index in [-0.39, 0.29) is 17.0 Å². The first kappa shape index (κ1) is 26.2. The lowest BCUT2D eigenvalue weighted by atomic mass is 9.97.